The van der Waals surface area contributed by atoms with Crippen molar-refractivity contribution in [2.75, 3.05) is 26.2 Å². The van der Waals surface area contributed by atoms with Crippen LogP contribution in [0.15, 0.2) is 0 Å². The Kier molecular flexibility index (Phi) is 3.53. The van der Waals surface area contributed by atoms with Gasteiger partial charge < -0.3 is 9.80 Å². The fourth-order valence-corrected chi connectivity index (χ4v) is 2.95. The number of amides is 1. The minimum atomic E-state index is 0.254. The molecule has 0 aliphatic carbocycles. The molecule has 3 heteroatoms. The molecule has 0 spiro atoms. The molecule has 0 aromatic heterocycles. The molecular formula is C13H24N2O. The fourth-order valence-electron chi connectivity index (χ4n) is 2.95. The van der Waals surface area contributed by atoms with E-state index in [1.165, 1.54) is 25.9 Å². The first-order valence-corrected chi connectivity index (χ1v) is 6.57. The fraction of sp³-hybridized carbons (Fsp3) is 0.923. The summed E-state index contributed by atoms with van der Waals surface area (Å²) in [7, 11) is 0. The van der Waals surface area contributed by atoms with Gasteiger partial charge in [0.15, 0.2) is 0 Å². The molecule has 0 bridgehead atoms. The van der Waals surface area contributed by atoms with Gasteiger partial charge in [-0.2, -0.15) is 0 Å². The van der Waals surface area contributed by atoms with Crippen molar-refractivity contribution in [3.05, 3.63) is 0 Å². The van der Waals surface area contributed by atoms with Crippen LogP contribution in [0.3, 0.4) is 0 Å². The van der Waals surface area contributed by atoms with Crippen LogP contribution in [-0.2, 0) is 4.79 Å². The van der Waals surface area contributed by atoms with E-state index < -0.39 is 0 Å². The largest absolute Gasteiger partial charge is 0.343 e. The molecule has 2 fully saturated rings. The zero-order valence-electron chi connectivity index (χ0n) is 10.8. The first-order valence-electron chi connectivity index (χ1n) is 6.57. The molecule has 2 rings (SSSR count). The molecule has 3 nitrogen and oxygen atoms in total. The summed E-state index contributed by atoms with van der Waals surface area (Å²) in [6, 6.07) is 0.684. The quantitative estimate of drug-likeness (QED) is 0.711. The van der Waals surface area contributed by atoms with Gasteiger partial charge in [0, 0.05) is 39.1 Å². The molecule has 1 atom stereocenters. The lowest BCUT2D eigenvalue weighted by Crippen LogP contribution is -2.55. The summed E-state index contributed by atoms with van der Waals surface area (Å²) in [4.78, 5) is 15.9. The summed E-state index contributed by atoms with van der Waals surface area (Å²) in [5.74, 6) is 1.85. The topological polar surface area (TPSA) is 23.6 Å². The van der Waals surface area contributed by atoms with Gasteiger partial charge in [0.25, 0.3) is 0 Å². The summed E-state index contributed by atoms with van der Waals surface area (Å²) < 4.78 is 0. The van der Waals surface area contributed by atoms with E-state index >= 15 is 0 Å². The summed E-state index contributed by atoms with van der Waals surface area (Å²) in [5.41, 5.74) is 0. The molecule has 0 N–H and O–H groups in total. The van der Waals surface area contributed by atoms with E-state index in [1.807, 2.05) is 4.90 Å². The number of piperidine rings is 1. The van der Waals surface area contributed by atoms with Gasteiger partial charge in [-0.3, -0.25) is 4.79 Å². The Morgan fingerprint density at radius 2 is 1.88 bits per heavy atom. The Bertz CT molecular complexity index is 259. The highest BCUT2D eigenvalue weighted by molar-refractivity contribution is 5.73. The normalized spacial score (nSPS) is 28.2. The summed E-state index contributed by atoms with van der Waals surface area (Å²) in [6.07, 6.45) is 2.52. The average Bonchev–Trinajstić information content (AvgIpc) is 2.15. The monoisotopic (exact) mass is 224 g/mol. The Morgan fingerprint density at radius 1 is 1.19 bits per heavy atom. The Balaban J connectivity index is 1.81. The van der Waals surface area contributed by atoms with Gasteiger partial charge in [-0.1, -0.05) is 0 Å². The van der Waals surface area contributed by atoms with Crippen LogP contribution in [0.5, 0.6) is 0 Å². The standard InChI is InChI=1S/C13H24N2O/c1-10(2)15-8-13(9-15)12-5-4-6-14(7-12)11(3)16/h10,12-13H,4-9H2,1-3H3. The van der Waals surface area contributed by atoms with Crippen LogP contribution >= 0.6 is 0 Å². The van der Waals surface area contributed by atoms with Crippen molar-refractivity contribution in [3.63, 3.8) is 0 Å². The molecule has 2 aliphatic rings. The van der Waals surface area contributed by atoms with Crippen molar-refractivity contribution < 1.29 is 4.79 Å². The van der Waals surface area contributed by atoms with Gasteiger partial charge in [-0.05, 0) is 38.5 Å². The van der Waals surface area contributed by atoms with Gasteiger partial charge >= 0.3 is 0 Å². The zero-order valence-corrected chi connectivity index (χ0v) is 10.8. The van der Waals surface area contributed by atoms with Crippen LogP contribution in [0.2, 0.25) is 0 Å². The third-order valence-electron chi connectivity index (χ3n) is 4.24. The maximum Gasteiger partial charge on any atom is 0.219 e. The summed E-state index contributed by atoms with van der Waals surface area (Å²) in [6.45, 7) is 10.7. The molecule has 0 radical (unpaired) electrons. The van der Waals surface area contributed by atoms with Crippen LogP contribution in [0.4, 0.5) is 0 Å². The average molecular weight is 224 g/mol. The maximum atomic E-state index is 11.4. The molecule has 2 aliphatic heterocycles. The lowest BCUT2D eigenvalue weighted by Gasteiger charge is -2.48. The molecule has 0 aromatic rings. The van der Waals surface area contributed by atoms with Crippen molar-refractivity contribution in [2.45, 2.75) is 39.7 Å². The zero-order chi connectivity index (χ0) is 11.7. The minimum Gasteiger partial charge on any atom is -0.343 e. The Hall–Kier alpha value is -0.570. The Morgan fingerprint density at radius 3 is 2.44 bits per heavy atom. The van der Waals surface area contributed by atoms with E-state index in [0.29, 0.717) is 6.04 Å². The van der Waals surface area contributed by atoms with Gasteiger partial charge in [0.1, 0.15) is 0 Å². The summed E-state index contributed by atoms with van der Waals surface area (Å²) >= 11 is 0. The van der Waals surface area contributed by atoms with E-state index in [0.717, 1.165) is 24.9 Å². The highest BCUT2D eigenvalue weighted by Gasteiger charge is 2.36. The lowest BCUT2D eigenvalue weighted by molar-refractivity contribution is -0.131. The number of likely N-dealkylation sites (tertiary alicyclic amines) is 2. The van der Waals surface area contributed by atoms with Crippen molar-refractivity contribution in [2.24, 2.45) is 11.8 Å². The van der Waals surface area contributed by atoms with E-state index in [2.05, 4.69) is 18.7 Å². The number of nitrogens with zero attached hydrogens (tertiary/aromatic N) is 2. The van der Waals surface area contributed by atoms with Crippen molar-refractivity contribution >= 4 is 5.91 Å². The van der Waals surface area contributed by atoms with Crippen molar-refractivity contribution in [3.8, 4) is 0 Å². The second-order valence-electron chi connectivity index (χ2n) is 5.68. The molecular weight excluding hydrogens is 200 g/mol. The van der Waals surface area contributed by atoms with Gasteiger partial charge in [0.05, 0.1) is 0 Å². The smallest absolute Gasteiger partial charge is 0.219 e. The highest BCUT2D eigenvalue weighted by Crippen LogP contribution is 2.31. The predicted molar refractivity (Wildman–Crippen MR) is 65.2 cm³/mol. The molecule has 92 valence electrons. The maximum absolute atomic E-state index is 11.4. The predicted octanol–water partition coefficient (Wildman–Crippen LogP) is 1.59. The second-order valence-corrected chi connectivity index (χ2v) is 5.68. The molecule has 0 saturated carbocycles. The second kappa shape index (κ2) is 4.74. The molecule has 16 heavy (non-hydrogen) atoms. The van der Waals surface area contributed by atoms with Crippen LogP contribution in [-0.4, -0.2) is 47.9 Å². The molecule has 2 saturated heterocycles. The van der Waals surface area contributed by atoms with Crippen LogP contribution in [0.25, 0.3) is 0 Å². The molecule has 1 unspecified atom stereocenters. The molecule has 0 aromatic carbocycles. The SMILES string of the molecule is CC(=O)N1CCCC(C2CN(C(C)C)C2)C1. The van der Waals surface area contributed by atoms with E-state index in [9.17, 15) is 4.79 Å². The van der Waals surface area contributed by atoms with Crippen molar-refractivity contribution in [1.29, 1.82) is 0 Å². The first kappa shape index (κ1) is 11.9. The van der Waals surface area contributed by atoms with Crippen LogP contribution < -0.4 is 0 Å². The molecule has 2 heterocycles. The van der Waals surface area contributed by atoms with Gasteiger partial charge in [0.2, 0.25) is 5.91 Å². The number of rotatable bonds is 2. The lowest BCUT2D eigenvalue weighted by atomic mass is 9.80. The highest BCUT2D eigenvalue weighted by atomic mass is 16.2. The number of hydrogen-bond donors (Lipinski definition) is 0. The minimum absolute atomic E-state index is 0.254. The number of carbonyl (C=O) groups excluding carboxylic acids is 1. The third kappa shape index (κ3) is 2.40. The van der Waals surface area contributed by atoms with Gasteiger partial charge in [-0.25, -0.2) is 0 Å². The van der Waals surface area contributed by atoms with E-state index in [1.54, 1.807) is 6.92 Å². The third-order valence-corrected chi connectivity index (χ3v) is 4.24. The summed E-state index contributed by atoms with van der Waals surface area (Å²) in [5, 5.41) is 0. The first-order chi connectivity index (χ1) is 7.58. The van der Waals surface area contributed by atoms with E-state index in [4.69, 9.17) is 0 Å². The van der Waals surface area contributed by atoms with Crippen LogP contribution in [0, 0.1) is 11.8 Å². The number of hydrogen-bond acceptors (Lipinski definition) is 2. The Labute approximate surface area is 98.8 Å². The van der Waals surface area contributed by atoms with E-state index in [-0.39, 0.29) is 5.91 Å². The van der Waals surface area contributed by atoms with Crippen molar-refractivity contribution in [1.82, 2.24) is 9.80 Å². The van der Waals surface area contributed by atoms with Crippen LogP contribution in [0.1, 0.15) is 33.6 Å². The van der Waals surface area contributed by atoms with Gasteiger partial charge in [-0.15, -0.1) is 0 Å². The number of carbonyl (C=O) groups is 1. The molecule has 1 amide bonds.